The Hall–Kier alpha value is -3.06. The molecule has 1 aromatic carbocycles. The number of amides is 4. The van der Waals surface area contributed by atoms with Crippen LogP contribution in [-0.4, -0.2) is 102 Å². The van der Waals surface area contributed by atoms with E-state index in [9.17, 15) is 24.3 Å². The van der Waals surface area contributed by atoms with E-state index in [-0.39, 0.29) is 53.7 Å². The highest BCUT2D eigenvalue weighted by atomic mass is 16.5. The van der Waals surface area contributed by atoms with Gasteiger partial charge in [-0.2, -0.15) is 0 Å². The van der Waals surface area contributed by atoms with E-state index in [0.29, 0.717) is 24.9 Å². The minimum absolute atomic E-state index is 0.0420. The summed E-state index contributed by atoms with van der Waals surface area (Å²) < 4.78 is 11.9. The summed E-state index contributed by atoms with van der Waals surface area (Å²) in [4.78, 5) is 58.1. The summed E-state index contributed by atoms with van der Waals surface area (Å²) >= 11 is 0. The second kappa shape index (κ2) is 19.7. The molecule has 10 atom stereocenters. The molecule has 1 aliphatic rings. The summed E-state index contributed by atoms with van der Waals surface area (Å²) in [6, 6.07) is 7.30. The van der Waals surface area contributed by atoms with Crippen molar-refractivity contribution in [3.05, 3.63) is 35.9 Å². The number of nitrogens with one attached hydrogen (secondary N) is 2. The SMILES string of the molecule is CC[C@H](C)[C@@H]([C@@H](CC(=O)N1CCC[C@@]1(N)[C@H](OC)[C@@H](C)C(=O)N[C@H](C)[C@@H](O)c1ccccc1)OC)N(C)C(=O)[C@@H](NC(=O)C(C)C(C)C)C(C)C. The van der Waals surface area contributed by atoms with Gasteiger partial charge in [0.2, 0.25) is 23.6 Å². The molecule has 1 aliphatic heterocycles. The van der Waals surface area contributed by atoms with Crippen molar-refractivity contribution in [1.82, 2.24) is 20.4 Å². The lowest BCUT2D eigenvalue weighted by molar-refractivity contribution is -0.153. The number of carbonyl (C=O) groups excluding carboxylic acids is 4. The Bertz CT molecular complexity index is 1280. The number of likely N-dealkylation sites (tertiary alicyclic amines) is 1. The molecule has 1 fully saturated rings. The van der Waals surface area contributed by atoms with E-state index in [4.69, 9.17) is 15.2 Å². The Labute approximate surface area is 306 Å². The van der Waals surface area contributed by atoms with Gasteiger partial charge in [-0.3, -0.25) is 19.2 Å². The van der Waals surface area contributed by atoms with Gasteiger partial charge in [0.25, 0.3) is 0 Å². The van der Waals surface area contributed by atoms with Gasteiger partial charge in [0.05, 0.1) is 36.6 Å². The standard InChI is InChI=1S/C39H67N5O7/c1-13-25(6)33(43(10)38(49)32(24(4)5)42-36(47)26(7)23(2)3)30(50-11)22-31(45)44-21-17-20-39(44,40)35(51-12)27(8)37(48)41-28(9)34(46)29-18-15-14-16-19-29/h14-16,18-19,23-28,30,32-35,46H,13,17,20-22,40H2,1-12H3,(H,41,48)(H,42,47)/t25-,26?,27+,28+,30+,32-,33-,34+,35+,39-/m0/s1. The predicted molar refractivity (Wildman–Crippen MR) is 199 cm³/mol. The Kier molecular flexibility index (Phi) is 17.0. The largest absolute Gasteiger partial charge is 0.386 e. The smallest absolute Gasteiger partial charge is 0.245 e. The zero-order chi connectivity index (χ0) is 38.8. The Morgan fingerprint density at radius 3 is 2.02 bits per heavy atom. The normalized spacial score (nSPS) is 21.6. The van der Waals surface area contributed by atoms with Crippen LogP contribution in [0.2, 0.25) is 0 Å². The lowest BCUT2D eigenvalue weighted by Crippen LogP contribution is -2.66. The molecule has 0 bridgehead atoms. The van der Waals surface area contributed by atoms with Crippen LogP contribution in [0.1, 0.15) is 99.7 Å². The summed E-state index contributed by atoms with van der Waals surface area (Å²) in [7, 11) is 4.73. The molecule has 5 N–H and O–H groups in total. The lowest BCUT2D eigenvalue weighted by atomic mass is 9.87. The molecular weight excluding hydrogens is 650 g/mol. The van der Waals surface area contributed by atoms with E-state index in [2.05, 4.69) is 10.6 Å². The summed E-state index contributed by atoms with van der Waals surface area (Å²) in [6.45, 7) is 17.5. The van der Waals surface area contributed by atoms with Gasteiger partial charge < -0.3 is 40.7 Å². The second-order valence-corrected chi connectivity index (χ2v) is 15.3. The molecule has 2 rings (SSSR count). The van der Waals surface area contributed by atoms with Crippen molar-refractivity contribution >= 4 is 23.6 Å². The number of hydrogen-bond acceptors (Lipinski definition) is 8. The molecule has 0 saturated carbocycles. The van der Waals surface area contributed by atoms with E-state index in [1.165, 1.54) is 14.2 Å². The monoisotopic (exact) mass is 718 g/mol. The molecule has 12 heteroatoms. The molecule has 0 aliphatic carbocycles. The molecule has 1 heterocycles. The Morgan fingerprint density at radius 1 is 0.922 bits per heavy atom. The maximum absolute atomic E-state index is 14.2. The fraction of sp³-hybridized carbons (Fsp3) is 0.744. The van der Waals surface area contributed by atoms with Crippen LogP contribution in [0.3, 0.4) is 0 Å². The highest BCUT2D eigenvalue weighted by Crippen LogP contribution is 2.35. The van der Waals surface area contributed by atoms with Gasteiger partial charge in [-0.1, -0.05) is 92.1 Å². The number of ether oxygens (including phenoxy) is 2. The second-order valence-electron chi connectivity index (χ2n) is 15.3. The number of nitrogens with zero attached hydrogens (tertiary/aromatic N) is 2. The molecule has 1 aromatic rings. The number of methoxy groups -OCH3 is 2. The first-order valence-corrected chi connectivity index (χ1v) is 18.6. The van der Waals surface area contributed by atoms with Crippen molar-refractivity contribution in [3.63, 3.8) is 0 Å². The van der Waals surface area contributed by atoms with E-state index >= 15 is 0 Å². The minimum atomic E-state index is -1.28. The summed E-state index contributed by atoms with van der Waals surface area (Å²) in [6.07, 6.45) is -0.718. The molecule has 1 unspecified atom stereocenters. The van der Waals surface area contributed by atoms with Crippen LogP contribution < -0.4 is 16.4 Å². The highest BCUT2D eigenvalue weighted by Gasteiger charge is 2.51. The first-order chi connectivity index (χ1) is 23.9. The van der Waals surface area contributed by atoms with Crippen LogP contribution in [0.15, 0.2) is 30.3 Å². The first kappa shape index (κ1) is 44.1. The van der Waals surface area contributed by atoms with E-state index in [1.807, 2.05) is 66.7 Å². The maximum atomic E-state index is 14.2. The number of likely N-dealkylation sites (N-methyl/N-ethyl adjacent to an activating group) is 1. The lowest BCUT2D eigenvalue weighted by Gasteiger charge is -2.44. The molecule has 1 saturated heterocycles. The van der Waals surface area contributed by atoms with Crippen molar-refractivity contribution in [3.8, 4) is 0 Å². The quantitative estimate of drug-likeness (QED) is 0.168. The number of carbonyl (C=O) groups is 4. The van der Waals surface area contributed by atoms with Crippen LogP contribution in [-0.2, 0) is 28.7 Å². The van der Waals surface area contributed by atoms with E-state index in [1.54, 1.807) is 42.8 Å². The first-order valence-electron chi connectivity index (χ1n) is 18.6. The zero-order valence-electron chi connectivity index (χ0n) is 33.1. The van der Waals surface area contributed by atoms with Crippen LogP contribution in [0.5, 0.6) is 0 Å². The highest BCUT2D eigenvalue weighted by molar-refractivity contribution is 5.89. The topological polar surface area (TPSA) is 164 Å². The number of benzene rings is 1. The van der Waals surface area contributed by atoms with Gasteiger partial charge in [0, 0.05) is 33.7 Å². The molecule has 51 heavy (non-hydrogen) atoms. The fourth-order valence-electron chi connectivity index (χ4n) is 7.20. The number of nitrogens with two attached hydrogens (primary N) is 1. The summed E-state index contributed by atoms with van der Waals surface area (Å²) in [5.41, 5.74) is 6.44. The van der Waals surface area contributed by atoms with Crippen LogP contribution >= 0.6 is 0 Å². The minimum Gasteiger partial charge on any atom is -0.386 e. The van der Waals surface area contributed by atoms with Gasteiger partial charge in [0.1, 0.15) is 17.8 Å². The van der Waals surface area contributed by atoms with Crippen molar-refractivity contribution in [2.75, 3.05) is 27.8 Å². The van der Waals surface area contributed by atoms with Crippen molar-refractivity contribution in [1.29, 1.82) is 0 Å². The molecule has 12 nitrogen and oxygen atoms in total. The van der Waals surface area contributed by atoms with Gasteiger partial charge in [-0.15, -0.1) is 0 Å². The Morgan fingerprint density at radius 2 is 1.51 bits per heavy atom. The number of hydrogen-bond donors (Lipinski definition) is 4. The average molecular weight is 718 g/mol. The predicted octanol–water partition coefficient (Wildman–Crippen LogP) is 3.86. The molecule has 0 aromatic heterocycles. The third-order valence-corrected chi connectivity index (χ3v) is 11.1. The van der Waals surface area contributed by atoms with Crippen LogP contribution in [0.4, 0.5) is 0 Å². The van der Waals surface area contributed by atoms with Crippen molar-refractivity contribution < 1.29 is 33.8 Å². The van der Waals surface area contributed by atoms with Gasteiger partial charge in [0.15, 0.2) is 0 Å². The van der Waals surface area contributed by atoms with Gasteiger partial charge in [-0.25, -0.2) is 0 Å². The number of aliphatic hydroxyl groups is 1. The van der Waals surface area contributed by atoms with Crippen LogP contribution in [0.25, 0.3) is 0 Å². The van der Waals surface area contributed by atoms with E-state index < -0.39 is 48.0 Å². The van der Waals surface area contributed by atoms with E-state index in [0.717, 1.165) is 6.42 Å². The third-order valence-electron chi connectivity index (χ3n) is 11.1. The fourth-order valence-corrected chi connectivity index (χ4v) is 7.20. The van der Waals surface area contributed by atoms with Gasteiger partial charge in [-0.05, 0) is 43.1 Å². The molecular formula is C39H67N5O7. The average Bonchev–Trinajstić information content (AvgIpc) is 3.50. The van der Waals surface area contributed by atoms with Crippen molar-refractivity contribution in [2.24, 2.45) is 35.3 Å². The van der Waals surface area contributed by atoms with Gasteiger partial charge >= 0.3 is 0 Å². The molecule has 4 amide bonds. The van der Waals surface area contributed by atoms with Crippen LogP contribution in [0, 0.1) is 29.6 Å². The number of rotatable bonds is 19. The maximum Gasteiger partial charge on any atom is 0.245 e. The Balaban J connectivity index is 2.29. The number of aliphatic hydroxyl groups excluding tert-OH is 1. The summed E-state index contributed by atoms with van der Waals surface area (Å²) in [5, 5.41) is 16.7. The third kappa shape index (κ3) is 10.7. The zero-order valence-corrected chi connectivity index (χ0v) is 33.1. The molecule has 290 valence electrons. The molecule has 0 radical (unpaired) electrons. The molecule has 0 spiro atoms. The summed E-state index contributed by atoms with van der Waals surface area (Å²) in [5.74, 6) is -2.13. The van der Waals surface area contributed by atoms with Crippen molar-refractivity contribution in [2.45, 2.75) is 130 Å².